The molecule has 6 nitrogen and oxygen atoms in total. The van der Waals surface area contributed by atoms with Crippen molar-refractivity contribution in [3.8, 4) is 0 Å². The number of anilines is 1. The molecule has 2 saturated heterocycles. The van der Waals surface area contributed by atoms with Gasteiger partial charge in [-0.2, -0.15) is 4.31 Å². The van der Waals surface area contributed by atoms with Crippen molar-refractivity contribution < 1.29 is 13.2 Å². The fourth-order valence-electron chi connectivity index (χ4n) is 4.71. The Morgan fingerprint density at radius 1 is 0.812 bits per heavy atom. The predicted octanol–water partition coefficient (Wildman–Crippen LogP) is 3.36. The maximum atomic E-state index is 13.1. The molecule has 2 aromatic rings. The van der Waals surface area contributed by atoms with Gasteiger partial charge in [-0.05, 0) is 68.5 Å². The molecular weight excluding hydrogens is 422 g/mol. The molecule has 2 fully saturated rings. The number of carbonyl (C=O) groups is 1. The van der Waals surface area contributed by atoms with Crippen molar-refractivity contribution >= 4 is 21.6 Å². The zero-order valence-electron chi connectivity index (χ0n) is 19.3. The summed E-state index contributed by atoms with van der Waals surface area (Å²) in [6.07, 6.45) is 1.17. The summed E-state index contributed by atoms with van der Waals surface area (Å²) in [5.74, 6) is 0.0869. The third-order valence-corrected chi connectivity index (χ3v) is 8.86. The van der Waals surface area contributed by atoms with E-state index in [0.29, 0.717) is 43.9 Å². The Morgan fingerprint density at radius 2 is 1.47 bits per heavy atom. The van der Waals surface area contributed by atoms with Crippen LogP contribution in [0.1, 0.15) is 29.5 Å². The molecule has 2 aliphatic heterocycles. The standard InChI is InChI=1S/C25H33N3O3S/c1-19-8-9-23(18-21(19)3)32(30,31)28-12-10-22(11-13-28)25(29)27-16-14-26(15-17-27)24-7-5-4-6-20(24)2/h4-9,18,22H,10-17H2,1-3H3. The Labute approximate surface area is 191 Å². The Balaban J connectivity index is 1.33. The summed E-state index contributed by atoms with van der Waals surface area (Å²) in [7, 11) is -3.52. The molecule has 0 bridgehead atoms. The van der Waals surface area contributed by atoms with Crippen LogP contribution in [0.5, 0.6) is 0 Å². The van der Waals surface area contributed by atoms with Gasteiger partial charge >= 0.3 is 0 Å². The number of nitrogens with zero attached hydrogens (tertiary/aromatic N) is 3. The number of amides is 1. The molecule has 7 heteroatoms. The summed E-state index contributed by atoms with van der Waals surface area (Å²) < 4.78 is 27.6. The highest BCUT2D eigenvalue weighted by molar-refractivity contribution is 7.89. The molecule has 0 aliphatic carbocycles. The van der Waals surface area contributed by atoms with E-state index in [-0.39, 0.29) is 11.8 Å². The maximum Gasteiger partial charge on any atom is 0.243 e. The Bertz CT molecular complexity index is 1080. The van der Waals surface area contributed by atoms with E-state index >= 15 is 0 Å². The minimum Gasteiger partial charge on any atom is -0.368 e. The second-order valence-corrected chi connectivity index (χ2v) is 11.0. The third kappa shape index (κ3) is 4.55. The van der Waals surface area contributed by atoms with Gasteiger partial charge in [0.15, 0.2) is 0 Å². The Morgan fingerprint density at radius 3 is 2.09 bits per heavy atom. The first kappa shape index (κ1) is 22.8. The molecule has 0 aromatic heterocycles. The molecular formula is C25H33N3O3S. The first-order chi connectivity index (χ1) is 15.3. The van der Waals surface area contributed by atoms with E-state index < -0.39 is 10.0 Å². The fraction of sp³-hybridized carbons (Fsp3) is 0.480. The third-order valence-electron chi connectivity index (χ3n) is 6.97. The second-order valence-electron chi connectivity index (χ2n) is 9.02. The Hall–Kier alpha value is -2.38. The number of aryl methyl sites for hydroxylation is 3. The van der Waals surface area contributed by atoms with E-state index in [0.717, 1.165) is 24.2 Å². The first-order valence-corrected chi connectivity index (χ1v) is 12.9. The average molecular weight is 456 g/mol. The van der Waals surface area contributed by atoms with Crippen molar-refractivity contribution in [1.29, 1.82) is 0 Å². The average Bonchev–Trinajstić information content (AvgIpc) is 2.81. The minimum absolute atomic E-state index is 0.0915. The van der Waals surface area contributed by atoms with Gasteiger partial charge in [-0.15, -0.1) is 0 Å². The topological polar surface area (TPSA) is 60.9 Å². The second kappa shape index (κ2) is 9.24. The quantitative estimate of drug-likeness (QED) is 0.709. The molecule has 32 heavy (non-hydrogen) atoms. The zero-order chi connectivity index (χ0) is 22.9. The van der Waals surface area contributed by atoms with Crippen LogP contribution in [0.25, 0.3) is 0 Å². The van der Waals surface area contributed by atoms with Crippen molar-refractivity contribution in [2.24, 2.45) is 5.92 Å². The van der Waals surface area contributed by atoms with Crippen LogP contribution in [-0.4, -0.2) is 62.8 Å². The van der Waals surface area contributed by atoms with Gasteiger partial charge in [0.1, 0.15) is 0 Å². The van der Waals surface area contributed by atoms with E-state index in [1.807, 2.05) is 30.9 Å². The number of rotatable bonds is 4. The van der Waals surface area contributed by atoms with Crippen LogP contribution in [0.3, 0.4) is 0 Å². The number of hydrogen-bond donors (Lipinski definition) is 0. The number of carbonyl (C=O) groups excluding carboxylic acids is 1. The number of piperidine rings is 1. The molecule has 0 radical (unpaired) electrons. The molecule has 0 atom stereocenters. The predicted molar refractivity (Wildman–Crippen MR) is 127 cm³/mol. The lowest BCUT2D eigenvalue weighted by atomic mass is 9.96. The lowest BCUT2D eigenvalue weighted by Crippen LogP contribution is -2.52. The molecule has 0 N–H and O–H groups in total. The smallest absolute Gasteiger partial charge is 0.243 e. The van der Waals surface area contributed by atoms with Gasteiger partial charge in [0.05, 0.1) is 4.90 Å². The van der Waals surface area contributed by atoms with Crippen molar-refractivity contribution in [3.05, 3.63) is 59.2 Å². The number of piperazine rings is 1. The van der Waals surface area contributed by atoms with Crippen LogP contribution in [0.4, 0.5) is 5.69 Å². The van der Waals surface area contributed by atoms with Gasteiger partial charge in [-0.1, -0.05) is 24.3 Å². The molecule has 2 heterocycles. The van der Waals surface area contributed by atoms with E-state index in [1.54, 1.807) is 12.1 Å². The fourth-order valence-corrected chi connectivity index (χ4v) is 6.27. The summed E-state index contributed by atoms with van der Waals surface area (Å²) in [4.78, 5) is 17.8. The molecule has 0 unspecified atom stereocenters. The summed E-state index contributed by atoms with van der Waals surface area (Å²) >= 11 is 0. The van der Waals surface area contributed by atoms with Crippen LogP contribution in [-0.2, 0) is 14.8 Å². The number of hydrogen-bond acceptors (Lipinski definition) is 4. The number of para-hydroxylation sites is 1. The molecule has 0 spiro atoms. The molecule has 4 rings (SSSR count). The highest BCUT2D eigenvalue weighted by atomic mass is 32.2. The first-order valence-electron chi connectivity index (χ1n) is 11.4. The molecule has 172 valence electrons. The van der Waals surface area contributed by atoms with Gasteiger partial charge < -0.3 is 9.80 Å². The molecule has 1 amide bonds. The summed E-state index contributed by atoms with van der Waals surface area (Å²) in [5.41, 5.74) is 4.55. The largest absolute Gasteiger partial charge is 0.368 e. The van der Waals surface area contributed by atoms with Crippen LogP contribution in [0.2, 0.25) is 0 Å². The van der Waals surface area contributed by atoms with Crippen molar-refractivity contribution in [1.82, 2.24) is 9.21 Å². The molecule has 2 aliphatic rings. The Kier molecular flexibility index (Phi) is 6.58. The van der Waals surface area contributed by atoms with Crippen LogP contribution < -0.4 is 4.90 Å². The lowest BCUT2D eigenvalue weighted by Gasteiger charge is -2.39. The van der Waals surface area contributed by atoms with Gasteiger partial charge in [0.25, 0.3) is 0 Å². The summed E-state index contributed by atoms with van der Waals surface area (Å²) in [5, 5.41) is 0. The van der Waals surface area contributed by atoms with Crippen molar-refractivity contribution in [2.45, 2.75) is 38.5 Å². The SMILES string of the molecule is Cc1ccc(S(=O)(=O)N2CCC(C(=O)N3CCN(c4ccccc4C)CC3)CC2)cc1C. The van der Waals surface area contributed by atoms with Crippen molar-refractivity contribution in [3.63, 3.8) is 0 Å². The summed E-state index contributed by atoms with van der Waals surface area (Å²) in [6.45, 7) is 9.91. The summed E-state index contributed by atoms with van der Waals surface area (Å²) in [6, 6.07) is 13.6. The van der Waals surface area contributed by atoms with E-state index in [4.69, 9.17) is 0 Å². The normalized spacial score (nSPS) is 18.7. The molecule has 2 aromatic carbocycles. The van der Waals surface area contributed by atoms with Crippen molar-refractivity contribution in [2.75, 3.05) is 44.2 Å². The van der Waals surface area contributed by atoms with Gasteiger partial charge in [-0.3, -0.25) is 4.79 Å². The van der Waals surface area contributed by atoms with Gasteiger partial charge in [-0.25, -0.2) is 8.42 Å². The van der Waals surface area contributed by atoms with Gasteiger partial charge in [0.2, 0.25) is 15.9 Å². The number of benzene rings is 2. The highest BCUT2D eigenvalue weighted by Crippen LogP contribution is 2.27. The van der Waals surface area contributed by atoms with E-state index in [1.165, 1.54) is 15.6 Å². The van der Waals surface area contributed by atoms with Gasteiger partial charge in [0, 0.05) is 50.9 Å². The molecule has 0 saturated carbocycles. The lowest BCUT2D eigenvalue weighted by molar-refractivity contribution is -0.137. The van der Waals surface area contributed by atoms with E-state index in [9.17, 15) is 13.2 Å². The van der Waals surface area contributed by atoms with E-state index in [2.05, 4.69) is 30.0 Å². The highest BCUT2D eigenvalue weighted by Gasteiger charge is 2.34. The monoisotopic (exact) mass is 455 g/mol. The zero-order valence-corrected chi connectivity index (χ0v) is 20.1. The minimum atomic E-state index is -3.52. The van der Waals surface area contributed by atoms with Crippen LogP contribution in [0.15, 0.2) is 47.4 Å². The van der Waals surface area contributed by atoms with Crippen LogP contribution >= 0.6 is 0 Å². The number of sulfonamides is 1. The maximum absolute atomic E-state index is 13.1. The van der Waals surface area contributed by atoms with Crippen LogP contribution in [0, 0.1) is 26.7 Å².